The van der Waals surface area contributed by atoms with Gasteiger partial charge in [-0.2, -0.15) is 11.8 Å². The highest BCUT2D eigenvalue weighted by molar-refractivity contribution is 7.98. The molecule has 1 unspecified atom stereocenters. The number of nitrogens with two attached hydrogens (primary N) is 1. The van der Waals surface area contributed by atoms with E-state index in [1.165, 1.54) is 0 Å². The number of benzene rings is 1. The van der Waals surface area contributed by atoms with E-state index in [9.17, 15) is 4.79 Å². The molecule has 1 rings (SSSR count). The van der Waals surface area contributed by atoms with Gasteiger partial charge in [0.05, 0.1) is 12.1 Å². The number of halogens is 1. The van der Waals surface area contributed by atoms with E-state index in [1.54, 1.807) is 11.8 Å². The molecule has 0 bridgehead atoms. The predicted octanol–water partition coefficient (Wildman–Crippen LogP) is 3.93. The molecule has 6 heteroatoms. The number of nitrogens with one attached hydrogen (secondary N) is 1. The van der Waals surface area contributed by atoms with Gasteiger partial charge in [0.25, 0.3) is 0 Å². The molecule has 0 heterocycles. The normalized spacial score (nSPS) is 13.1. The smallest absolute Gasteiger partial charge is 0.237 e. The van der Waals surface area contributed by atoms with Crippen LogP contribution in [0, 0.1) is 12.8 Å². The van der Waals surface area contributed by atoms with Crippen LogP contribution in [0.3, 0.4) is 0 Å². The van der Waals surface area contributed by atoms with Crippen molar-refractivity contribution in [2.24, 2.45) is 11.7 Å². The summed E-state index contributed by atoms with van der Waals surface area (Å²) in [4.78, 5) is 12.1. The molecule has 0 radical (unpaired) electrons. The van der Waals surface area contributed by atoms with Crippen LogP contribution < -0.4 is 15.8 Å². The summed E-state index contributed by atoms with van der Waals surface area (Å²) < 4.78 is 6.11. The lowest BCUT2D eigenvalue weighted by Gasteiger charge is -2.20. The van der Waals surface area contributed by atoms with Gasteiger partial charge in [0.15, 0.2) is 0 Å². The minimum Gasteiger partial charge on any atom is -0.490 e. The number of hydrogen-bond acceptors (Lipinski definition) is 4. The average molecular weight is 389 g/mol. The summed E-state index contributed by atoms with van der Waals surface area (Å²) in [6.07, 6.45) is 3.85. The molecule has 0 fully saturated rings. The van der Waals surface area contributed by atoms with Crippen LogP contribution in [-0.2, 0) is 11.3 Å². The van der Waals surface area contributed by atoms with E-state index in [0.29, 0.717) is 18.9 Å². The van der Waals surface area contributed by atoms with Gasteiger partial charge >= 0.3 is 0 Å². The maximum atomic E-state index is 12.1. The lowest BCUT2D eigenvalue weighted by Crippen LogP contribution is -2.40. The van der Waals surface area contributed by atoms with Crippen LogP contribution >= 0.6 is 24.2 Å². The molecule has 1 aromatic rings. The van der Waals surface area contributed by atoms with E-state index in [-0.39, 0.29) is 24.4 Å². The number of hydrogen-bond donors (Lipinski definition) is 2. The van der Waals surface area contributed by atoms with Gasteiger partial charge in [-0.15, -0.1) is 12.4 Å². The highest BCUT2D eigenvalue weighted by Crippen LogP contribution is 2.23. The minimum atomic E-state index is -0.452. The standard InChI is InChI=1S/C19H32N2O2S.ClH/c1-13(2)10-15(4)23-18-11-14(3)6-7-16(18)12-21-19(22)17(20)8-9-24-5;/h6-7,11,13,15,17H,8-10,12,20H2,1-5H3,(H,21,22);1H/t15?,17-;/m0./s1. The first-order valence-electron chi connectivity index (χ1n) is 8.61. The van der Waals surface area contributed by atoms with Crippen molar-refractivity contribution in [2.75, 3.05) is 12.0 Å². The number of thioether (sulfide) groups is 1. The number of aryl methyl sites for hydroxylation is 1. The summed E-state index contributed by atoms with van der Waals surface area (Å²) in [5.74, 6) is 2.22. The molecule has 1 amide bonds. The fraction of sp³-hybridized carbons (Fsp3) is 0.632. The van der Waals surface area contributed by atoms with Crippen molar-refractivity contribution in [3.05, 3.63) is 29.3 Å². The second-order valence-electron chi connectivity index (χ2n) is 6.77. The summed E-state index contributed by atoms with van der Waals surface area (Å²) in [5.41, 5.74) is 8.04. The third-order valence-electron chi connectivity index (χ3n) is 3.78. The van der Waals surface area contributed by atoms with Crippen LogP contribution in [-0.4, -0.2) is 30.1 Å². The molecule has 2 atom stereocenters. The average Bonchev–Trinajstić information content (AvgIpc) is 2.50. The third kappa shape index (κ3) is 9.38. The van der Waals surface area contributed by atoms with Crippen molar-refractivity contribution in [2.45, 2.75) is 59.2 Å². The number of rotatable bonds is 10. The fourth-order valence-corrected chi connectivity index (χ4v) is 3.03. The van der Waals surface area contributed by atoms with Crippen molar-refractivity contribution in [1.82, 2.24) is 5.32 Å². The fourth-order valence-electron chi connectivity index (χ4n) is 2.54. The Morgan fingerprint density at radius 3 is 2.60 bits per heavy atom. The monoisotopic (exact) mass is 388 g/mol. The van der Waals surface area contributed by atoms with Gasteiger partial charge in [0, 0.05) is 12.1 Å². The van der Waals surface area contributed by atoms with E-state index < -0.39 is 6.04 Å². The Labute approximate surface area is 163 Å². The van der Waals surface area contributed by atoms with Gasteiger partial charge < -0.3 is 15.8 Å². The number of ether oxygens (including phenoxy) is 1. The lowest BCUT2D eigenvalue weighted by atomic mass is 10.1. The Morgan fingerprint density at radius 2 is 2.00 bits per heavy atom. The van der Waals surface area contributed by atoms with Crippen LogP contribution in [0.2, 0.25) is 0 Å². The van der Waals surface area contributed by atoms with Gasteiger partial charge in [0.2, 0.25) is 5.91 Å². The molecule has 4 nitrogen and oxygen atoms in total. The molecule has 0 saturated heterocycles. The third-order valence-corrected chi connectivity index (χ3v) is 4.42. The van der Waals surface area contributed by atoms with Crippen LogP contribution in [0.5, 0.6) is 5.75 Å². The molecular weight excluding hydrogens is 356 g/mol. The van der Waals surface area contributed by atoms with Crippen LogP contribution in [0.15, 0.2) is 18.2 Å². The van der Waals surface area contributed by atoms with E-state index in [4.69, 9.17) is 10.5 Å². The number of carbonyl (C=O) groups is 1. The van der Waals surface area contributed by atoms with E-state index in [0.717, 1.165) is 29.1 Å². The van der Waals surface area contributed by atoms with Crippen molar-refractivity contribution in [1.29, 1.82) is 0 Å². The Hall–Kier alpha value is -0.910. The summed E-state index contributed by atoms with van der Waals surface area (Å²) in [5, 5.41) is 2.93. The van der Waals surface area contributed by atoms with Crippen molar-refractivity contribution < 1.29 is 9.53 Å². The molecule has 144 valence electrons. The Balaban J connectivity index is 0.00000576. The zero-order valence-corrected chi connectivity index (χ0v) is 17.6. The van der Waals surface area contributed by atoms with Crippen molar-refractivity contribution in [3.63, 3.8) is 0 Å². The molecular formula is C19H33ClN2O2S. The highest BCUT2D eigenvalue weighted by atomic mass is 35.5. The number of amides is 1. The second kappa shape index (κ2) is 12.4. The first-order chi connectivity index (χ1) is 11.3. The molecule has 0 saturated carbocycles. The van der Waals surface area contributed by atoms with Crippen molar-refractivity contribution >= 4 is 30.1 Å². The zero-order valence-electron chi connectivity index (χ0n) is 16.0. The maximum absolute atomic E-state index is 12.1. The molecule has 25 heavy (non-hydrogen) atoms. The number of carbonyl (C=O) groups excluding carboxylic acids is 1. The Morgan fingerprint density at radius 1 is 1.32 bits per heavy atom. The molecule has 1 aromatic carbocycles. The molecule has 3 N–H and O–H groups in total. The quantitative estimate of drug-likeness (QED) is 0.637. The molecule has 0 aliphatic heterocycles. The first-order valence-corrected chi connectivity index (χ1v) is 10.0. The van der Waals surface area contributed by atoms with Gasteiger partial charge in [-0.25, -0.2) is 0 Å². The van der Waals surface area contributed by atoms with Gasteiger partial charge in [0.1, 0.15) is 5.75 Å². The minimum absolute atomic E-state index is 0. The molecule has 0 aliphatic carbocycles. The van der Waals surface area contributed by atoms with Crippen LogP contribution in [0.25, 0.3) is 0 Å². The SMILES string of the molecule is CSCC[C@H](N)C(=O)NCc1ccc(C)cc1OC(C)CC(C)C.Cl. The van der Waals surface area contributed by atoms with Gasteiger partial charge in [-0.3, -0.25) is 4.79 Å². The molecule has 0 aromatic heterocycles. The Kier molecular flexibility index (Phi) is 12.0. The summed E-state index contributed by atoms with van der Waals surface area (Å²) in [6.45, 7) is 8.94. The second-order valence-corrected chi connectivity index (χ2v) is 7.76. The molecule has 0 aliphatic rings. The van der Waals surface area contributed by atoms with Crippen molar-refractivity contribution in [3.8, 4) is 5.75 Å². The highest BCUT2D eigenvalue weighted by Gasteiger charge is 2.15. The largest absolute Gasteiger partial charge is 0.490 e. The van der Waals surface area contributed by atoms with E-state index in [2.05, 4.69) is 26.1 Å². The summed E-state index contributed by atoms with van der Waals surface area (Å²) in [6, 6.07) is 5.63. The zero-order chi connectivity index (χ0) is 18.1. The first kappa shape index (κ1) is 24.1. The predicted molar refractivity (Wildman–Crippen MR) is 111 cm³/mol. The van der Waals surface area contributed by atoms with Crippen LogP contribution in [0.4, 0.5) is 0 Å². The lowest BCUT2D eigenvalue weighted by molar-refractivity contribution is -0.122. The molecule has 0 spiro atoms. The van der Waals surface area contributed by atoms with Gasteiger partial charge in [-0.05, 0) is 56.2 Å². The Bertz CT molecular complexity index is 526. The van der Waals surface area contributed by atoms with Crippen LogP contribution in [0.1, 0.15) is 44.7 Å². The topological polar surface area (TPSA) is 64.4 Å². The maximum Gasteiger partial charge on any atom is 0.237 e. The summed E-state index contributed by atoms with van der Waals surface area (Å²) in [7, 11) is 0. The van der Waals surface area contributed by atoms with E-state index in [1.807, 2.05) is 31.4 Å². The van der Waals surface area contributed by atoms with E-state index >= 15 is 0 Å². The summed E-state index contributed by atoms with van der Waals surface area (Å²) >= 11 is 1.70. The van der Waals surface area contributed by atoms with Gasteiger partial charge in [-0.1, -0.05) is 26.0 Å².